The molecule has 0 aromatic rings. The molecule has 0 bridgehead atoms. The zero-order valence-corrected chi connectivity index (χ0v) is 11.6. The van der Waals surface area contributed by atoms with Gasteiger partial charge in [0, 0.05) is 21.1 Å². The summed E-state index contributed by atoms with van der Waals surface area (Å²) in [6.07, 6.45) is 0. The molecule has 0 saturated carbocycles. The molecule has 0 aromatic carbocycles. The fourth-order valence-corrected chi connectivity index (χ4v) is 2.76. The van der Waals surface area contributed by atoms with E-state index in [1.54, 1.807) is 0 Å². The van der Waals surface area contributed by atoms with Crippen LogP contribution in [0.25, 0.3) is 0 Å². The zero-order valence-electron chi connectivity index (χ0n) is 11.6. The molecule has 17 heavy (non-hydrogen) atoms. The van der Waals surface area contributed by atoms with E-state index in [1.165, 1.54) is 0 Å². The Balaban J connectivity index is 2.59. The van der Waals surface area contributed by atoms with E-state index in [9.17, 15) is 0 Å². The molecule has 1 atom stereocenters. The lowest BCUT2D eigenvalue weighted by atomic mass is 9.70. The Hall–Kier alpha value is -1.40. The van der Waals surface area contributed by atoms with Gasteiger partial charge in [0.2, 0.25) is 0 Å². The van der Waals surface area contributed by atoms with Crippen molar-refractivity contribution in [3.63, 3.8) is 0 Å². The molecule has 0 radical (unpaired) electrons. The minimum Gasteiger partial charge on any atom is -0.233 e. The Morgan fingerprint density at radius 2 is 1.24 bits per heavy atom. The quantitative estimate of drug-likeness (QED) is 0.649. The average molecular weight is 239 g/mol. The van der Waals surface area contributed by atoms with Crippen molar-refractivity contribution in [1.29, 1.82) is 0 Å². The van der Waals surface area contributed by atoms with Gasteiger partial charge in [-0.1, -0.05) is 26.0 Å². The van der Waals surface area contributed by atoms with Crippen molar-refractivity contribution in [2.75, 3.05) is 21.1 Å². The number of rotatable bonds is 0. The minimum atomic E-state index is -0.564. The van der Waals surface area contributed by atoms with Crippen molar-refractivity contribution in [3.05, 3.63) is 0 Å². The van der Waals surface area contributed by atoms with Gasteiger partial charge in [0.05, 0.1) is 0 Å². The Kier molecular flexibility index (Phi) is 2.19. The van der Waals surface area contributed by atoms with Crippen molar-refractivity contribution >= 4 is 0 Å². The second-order valence-corrected chi connectivity index (χ2v) is 5.90. The molecule has 2 heterocycles. The number of nitrogens with zero attached hydrogens (tertiary/aromatic N) is 7. The highest BCUT2D eigenvalue weighted by Gasteiger charge is 2.68. The molecule has 1 spiro atoms. The standard InChI is InChI=1S/C10H21N7/c1-8(2,3)9(4)10(15(5)12-11-9)16(6)13-14-17(10)7/h1-7H3. The summed E-state index contributed by atoms with van der Waals surface area (Å²) < 4.78 is 0. The maximum Gasteiger partial charge on any atom is 0.268 e. The molecular weight excluding hydrogens is 218 g/mol. The van der Waals surface area contributed by atoms with E-state index >= 15 is 0 Å². The van der Waals surface area contributed by atoms with E-state index in [0.717, 1.165) is 0 Å². The van der Waals surface area contributed by atoms with Crippen LogP contribution in [-0.2, 0) is 0 Å². The van der Waals surface area contributed by atoms with Gasteiger partial charge in [-0.25, -0.2) is 15.0 Å². The van der Waals surface area contributed by atoms with Gasteiger partial charge in [-0.05, 0) is 22.8 Å². The molecule has 7 nitrogen and oxygen atoms in total. The maximum atomic E-state index is 4.50. The molecule has 7 heteroatoms. The second kappa shape index (κ2) is 3.08. The third kappa shape index (κ3) is 1.11. The van der Waals surface area contributed by atoms with E-state index in [1.807, 2.05) is 36.2 Å². The van der Waals surface area contributed by atoms with Gasteiger partial charge >= 0.3 is 0 Å². The van der Waals surface area contributed by atoms with Crippen molar-refractivity contribution in [2.45, 2.75) is 39.0 Å². The average Bonchev–Trinajstić information content (AvgIpc) is 2.64. The Morgan fingerprint density at radius 3 is 1.65 bits per heavy atom. The summed E-state index contributed by atoms with van der Waals surface area (Å²) in [6, 6.07) is 0. The number of hydrogen-bond donors (Lipinski definition) is 0. The summed E-state index contributed by atoms with van der Waals surface area (Å²) in [7, 11) is 5.72. The predicted molar refractivity (Wildman–Crippen MR) is 63.6 cm³/mol. The van der Waals surface area contributed by atoms with Crippen LogP contribution in [0.1, 0.15) is 27.7 Å². The highest BCUT2D eigenvalue weighted by atomic mass is 15.9. The minimum absolute atomic E-state index is 0.0703. The summed E-state index contributed by atoms with van der Waals surface area (Å²) in [4.78, 5) is 0. The van der Waals surface area contributed by atoms with Crippen LogP contribution in [0.4, 0.5) is 0 Å². The van der Waals surface area contributed by atoms with Gasteiger partial charge < -0.3 is 0 Å². The molecule has 2 aliphatic rings. The normalized spacial score (nSPS) is 31.1. The van der Waals surface area contributed by atoms with Crippen molar-refractivity contribution in [2.24, 2.45) is 26.2 Å². The molecule has 0 aromatic heterocycles. The first-order chi connectivity index (χ1) is 7.68. The molecule has 1 unspecified atom stereocenters. The number of hydrogen-bond acceptors (Lipinski definition) is 7. The van der Waals surface area contributed by atoms with E-state index < -0.39 is 11.3 Å². The van der Waals surface area contributed by atoms with Gasteiger partial charge in [0.25, 0.3) is 5.79 Å². The van der Waals surface area contributed by atoms with Crippen LogP contribution in [0.5, 0.6) is 0 Å². The molecule has 0 fully saturated rings. The molecule has 0 amide bonds. The van der Waals surface area contributed by atoms with Gasteiger partial charge in [-0.2, -0.15) is 5.11 Å². The molecule has 0 aliphatic carbocycles. The largest absolute Gasteiger partial charge is 0.268 e. The van der Waals surface area contributed by atoms with Gasteiger partial charge in [0.1, 0.15) is 0 Å². The molecule has 96 valence electrons. The lowest BCUT2D eigenvalue weighted by molar-refractivity contribution is -0.154. The lowest BCUT2D eigenvalue weighted by Gasteiger charge is -2.51. The first kappa shape index (κ1) is 12.1. The first-order valence-corrected chi connectivity index (χ1v) is 5.74. The van der Waals surface area contributed by atoms with Crippen LogP contribution in [0.2, 0.25) is 0 Å². The van der Waals surface area contributed by atoms with Crippen LogP contribution in [-0.4, -0.2) is 47.5 Å². The summed E-state index contributed by atoms with van der Waals surface area (Å²) in [6.45, 7) is 8.58. The van der Waals surface area contributed by atoms with E-state index in [4.69, 9.17) is 0 Å². The fraction of sp³-hybridized carbons (Fsp3) is 1.00. The summed E-state index contributed by atoms with van der Waals surface area (Å²) in [5.74, 6) is -0.564. The van der Waals surface area contributed by atoms with Gasteiger partial charge in [-0.15, -0.1) is 0 Å². The summed E-state index contributed by atoms with van der Waals surface area (Å²) in [5, 5.41) is 22.5. The van der Waals surface area contributed by atoms with E-state index in [0.29, 0.717) is 0 Å². The Labute approximate surface area is 102 Å². The predicted octanol–water partition coefficient (Wildman–Crippen LogP) is 1.92. The Bertz CT molecular complexity index is 362. The zero-order chi connectivity index (χ0) is 13.1. The van der Waals surface area contributed by atoms with Crippen LogP contribution in [0.3, 0.4) is 0 Å². The molecule has 2 aliphatic heterocycles. The SMILES string of the molecule is CN1N=NN(C)C12N(C)N=NC2(C)C(C)(C)C. The first-order valence-electron chi connectivity index (χ1n) is 5.74. The van der Waals surface area contributed by atoms with Crippen molar-refractivity contribution < 1.29 is 0 Å². The van der Waals surface area contributed by atoms with Gasteiger partial charge in [0.15, 0.2) is 5.54 Å². The molecular formula is C10H21N7. The second-order valence-electron chi connectivity index (χ2n) is 5.90. The molecule has 0 N–H and O–H groups in total. The molecule has 0 saturated heterocycles. The van der Waals surface area contributed by atoms with Crippen molar-refractivity contribution in [3.8, 4) is 0 Å². The smallest absolute Gasteiger partial charge is 0.233 e. The topological polar surface area (TPSA) is 59.2 Å². The highest BCUT2D eigenvalue weighted by Crippen LogP contribution is 2.52. The van der Waals surface area contributed by atoms with Crippen LogP contribution < -0.4 is 0 Å². The van der Waals surface area contributed by atoms with Crippen LogP contribution in [0, 0.1) is 5.41 Å². The van der Waals surface area contributed by atoms with Crippen LogP contribution >= 0.6 is 0 Å². The maximum absolute atomic E-state index is 4.50. The Morgan fingerprint density at radius 1 is 0.824 bits per heavy atom. The van der Waals surface area contributed by atoms with E-state index in [2.05, 4.69) is 48.5 Å². The summed E-state index contributed by atoms with van der Waals surface area (Å²) >= 11 is 0. The third-order valence-corrected chi connectivity index (χ3v) is 4.15. The lowest BCUT2D eigenvalue weighted by Crippen LogP contribution is -2.72. The monoisotopic (exact) mass is 239 g/mol. The van der Waals surface area contributed by atoms with Crippen molar-refractivity contribution in [1.82, 2.24) is 15.0 Å². The van der Waals surface area contributed by atoms with E-state index in [-0.39, 0.29) is 5.41 Å². The molecule has 2 rings (SSSR count). The number of likely N-dealkylation sites (N-methyl/N-ethyl adjacent to an activating group) is 3. The fourth-order valence-electron chi connectivity index (χ4n) is 2.76. The highest BCUT2D eigenvalue weighted by molar-refractivity contribution is 5.13. The third-order valence-electron chi connectivity index (χ3n) is 4.15. The van der Waals surface area contributed by atoms with Crippen LogP contribution in [0.15, 0.2) is 20.8 Å². The van der Waals surface area contributed by atoms with Gasteiger partial charge in [-0.3, -0.25) is 0 Å². The summed E-state index contributed by atoms with van der Waals surface area (Å²) in [5.41, 5.74) is -0.499.